The molecule has 0 saturated carbocycles. The molecule has 3 aromatic heterocycles. The first kappa shape index (κ1) is 15.3. The molecule has 1 N–H and O–H groups in total. The van der Waals surface area contributed by atoms with Crippen molar-refractivity contribution < 1.29 is 4.42 Å². The highest BCUT2D eigenvalue weighted by atomic mass is 16.3. The van der Waals surface area contributed by atoms with E-state index in [4.69, 9.17) is 9.40 Å². The van der Waals surface area contributed by atoms with Crippen molar-refractivity contribution in [1.29, 1.82) is 0 Å². The van der Waals surface area contributed by atoms with Gasteiger partial charge in [0, 0.05) is 54.4 Å². The van der Waals surface area contributed by atoms with Crippen LogP contribution in [-0.4, -0.2) is 26.4 Å². The van der Waals surface area contributed by atoms with Gasteiger partial charge in [-0.15, -0.1) is 0 Å². The Kier molecular flexibility index (Phi) is 3.60. The van der Waals surface area contributed by atoms with Crippen LogP contribution in [0.3, 0.4) is 0 Å². The van der Waals surface area contributed by atoms with Gasteiger partial charge in [-0.1, -0.05) is 18.2 Å². The summed E-state index contributed by atoms with van der Waals surface area (Å²) in [5, 5.41) is 1.32. The number of rotatable bonds is 3. The van der Waals surface area contributed by atoms with Crippen LogP contribution < -0.4 is 0 Å². The predicted molar refractivity (Wildman–Crippen MR) is 101 cm³/mol. The van der Waals surface area contributed by atoms with Gasteiger partial charge in [-0.2, -0.15) is 0 Å². The number of H-pyrrole nitrogens is 1. The number of nitrogens with zero attached hydrogens (tertiary/aromatic N) is 3. The Morgan fingerprint density at radius 2 is 2.12 bits per heavy atom. The standard InChI is InChI=1S/C21H20N4O/c1-14-17(16-5-2-3-6-19(16)23-14)13-25-9-8-18-15(12-25)11-22-21(24-18)20-7-4-10-26-20/h2-7,10-11,23H,8-9,12-13H2,1H3. The van der Waals surface area contributed by atoms with Crippen LogP contribution in [0.25, 0.3) is 22.5 Å². The number of furan rings is 1. The minimum absolute atomic E-state index is 0.676. The average molecular weight is 344 g/mol. The first-order valence-electron chi connectivity index (χ1n) is 8.95. The summed E-state index contributed by atoms with van der Waals surface area (Å²) in [6.07, 6.45) is 4.55. The molecular weight excluding hydrogens is 324 g/mol. The minimum atomic E-state index is 0.676. The van der Waals surface area contributed by atoms with Crippen LogP contribution in [0, 0.1) is 6.92 Å². The summed E-state index contributed by atoms with van der Waals surface area (Å²) in [6, 6.07) is 12.3. The van der Waals surface area contributed by atoms with Gasteiger partial charge in [0.1, 0.15) is 0 Å². The van der Waals surface area contributed by atoms with Crippen LogP contribution in [0.5, 0.6) is 0 Å². The third-order valence-corrected chi connectivity index (χ3v) is 5.16. The highest BCUT2D eigenvalue weighted by Gasteiger charge is 2.21. The SMILES string of the molecule is Cc1[nH]c2ccccc2c1CN1CCc2nc(-c3ccco3)ncc2C1. The van der Waals surface area contributed by atoms with E-state index in [0.29, 0.717) is 5.82 Å². The lowest BCUT2D eigenvalue weighted by Gasteiger charge is -2.28. The fourth-order valence-corrected chi connectivity index (χ4v) is 3.80. The number of aryl methyl sites for hydroxylation is 1. The summed E-state index contributed by atoms with van der Waals surface area (Å²) in [4.78, 5) is 15.2. The molecule has 130 valence electrons. The number of aromatic amines is 1. The number of nitrogens with one attached hydrogen (secondary N) is 1. The van der Waals surface area contributed by atoms with E-state index in [9.17, 15) is 0 Å². The van der Waals surface area contributed by atoms with Crippen molar-refractivity contribution in [2.24, 2.45) is 0 Å². The van der Waals surface area contributed by atoms with Crippen molar-refractivity contribution in [3.05, 3.63) is 71.4 Å². The molecule has 0 saturated heterocycles. The third-order valence-electron chi connectivity index (χ3n) is 5.16. The molecule has 1 aromatic carbocycles. The minimum Gasteiger partial charge on any atom is -0.461 e. The van der Waals surface area contributed by atoms with Crippen molar-refractivity contribution in [1.82, 2.24) is 19.9 Å². The molecule has 0 unspecified atom stereocenters. The fourth-order valence-electron chi connectivity index (χ4n) is 3.80. The largest absolute Gasteiger partial charge is 0.461 e. The molecule has 0 aliphatic carbocycles. The van der Waals surface area contributed by atoms with Crippen molar-refractivity contribution in [2.45, 2.75) is 26.4 Å². The van der Waals surface area contributed by atoms with E-state index in [-0.39, 0.29) is 0 Å². The zero-order chi connectivity index (χ0) is 17.5. The topological polar surface area (TPSA) is 58.0 Å². The zero-order valence-corrected chi connectivity index (χ0v) is 14.7. The molecule has 0 radical (unpaired) electrons. The molecular formula is C21H20N4O. The molecule has 4 heterocycles. The summed E-state index contributed by atoms with van der Waals surface area (Å²) in [7, 11) is 0. The van der Waals surface area contributed by atoms with Gasteiger partial charge in [0.05, 0.1) is 12.0 Å². The number of benzene rings is 1. The first-order valence-corrected chi connectivity index (χ1v) is 8.95. The maximum Gasteiger partial charge on any atom is 0.195 e. The molecule has 0 spiro atoms. The molecule has 0 bridgehead atoms. The van der Waals surface area contributed by atoms with Gasteiger partial charge in [-0.05, 0) is 30.7 Å². The lowest BCUT2D eigenvalue weighted by Crippen LogP contribution is -2.31. The number of para-hydroxylation sites is 1. The lowest BCUT2D eigenvalue weighted by molar-refractivity contribution is 0.243. The predicted octanol–water partition coefficient (Wildman–Crippen LogP) is 4.08. The van der Waals surface area contributed by atoms with E-state index in [2.05, 4.69) is 46.1 Å². The second-order valence-corrected chi connectivity index (χ2v) is 6.88. The lowest BCUT2D eigenvalue weighted by atomic mass is 10.0. The van der Waals surface area contributed by atoms with Gasteiger partial charge in [0.2, 0.25) is 0 Å². The average Bonchev–Trinajstić information content (AvgIpc) is 3.30. The normalized spacial score (nSPS) is 14.7. The Morgan fingerprint density at radius 3 is 3.00 bits per heavy atom. The van der Waals surface area contributed by atoms with Crippen LogP contribution in [0.15, 0.2) is 53.3 Å². The molecule has 5 rings (SSSR count). The second kappa shape index (κ2) is 6.11. The maximum absolute atomic E-state index is 5.42. The summed E-state index contributed by atoms with van der Waals surface area (Å²) >= 11 is 0. The molecule has 5 nitrogen and oxygen atoms in total. The van der Waals surface area contributed by atoms with Gasteiger partial charge < -0.3 is 9.40 Å². The Morgan fingerprint density at radius 1 is 1.19 bits per heavy atom. The molecule has 0 amide bonds. The van der Waals surface area contributed by atoms with E-state index < -0.39 is 0 Å². The molecule has 0 atom stereocenters. The Bertz CT molecular complexity index is 1070. The summed E-state index contributed by atoms with van der Waals surface area (Å²) in [6.45, 7) is 4.98. The van der Waals surface area contributed by atoms with E-state index >= 15 is 0 Å². The first-order chi connectivity index (χ1) is 12.8. The highest BCUT2D eigenvalue weighted by Crippen LogP contribution is 2.26. The van der Waals surface area contributed by atoms with Crippen LogP contribution in [0.1, 0.15) is 22.5 Å². The Labute approximate surface area is 151 Å². The van der Waals surface area contributed by atoms with Crippen LogP contribution in [-0.2, 0) is 19.5 Å². The summed E-state index contributed by atoms with van der Waals surface area (Å²) < 4.78 is 5.42. The number of hydrogen-bond donors (Lipinski definition) is 1. The Hall–Kier alpha value is -2.92. The maximum atomic E-state index is 5.42. The summed E-state index contributed by atoms with van der Waals surface area (Å²) in [5.41, 5.74) is 6.20. The zero-order valence-electron chi connectivity index (χ0n) is 14.7. The van der Waals surface area contributed by atoms with Crippen molar-refractivity contribution in [3.8, 4) is 11.6 Å². The smallest absolute Gasteiger partial charge is 0.195 e. The quantitative estimate of drug-likeness (QED) is 0.608. The van der Waals surface area contributed by atoms with E-state index in [1.165, 1.54) is 27.7 Å². The molecule has 1 aliphatic heterocycles. The van der Waals surface area contributed by atoms with Crippen molar-refractivity contribution >= 4 is 10.9 Å². The van der Waals surface area contributed by atoms with Gasteiger partial charge in [-0.25, -0.2) is 9.97 Å². The second-order valence-electron chi connectivity index (χ2n) is 6.88. The van der Waals surface area contributed by atoms with E-state index in [0.717, 1.165) is 37.5 Å². The van der Waals surface area contributed by atoms with Crippen molar-refractivity contribution in [2.75, 3.05) is 6.54 Å². The summed E-state index contributed by atoms with van der Waals surface area (Å²) in [5.74, 6) is 1.40. The van der Waals surface area contributed by atoms with E-state index in [1.54, 1.807) is 6.26 Å². The highest BCUT2D eigenvalue weighted by molar-refractivity contribution is 5.84. The number of fused-ring (bicyclic) bond motifs is 2. The van der Waals surface area contributed by atoms with Gasteiger partial charge >= 0.3 is 0 Å². The molecule has 5 heteroatoms. The molecule has 1 aliphatic rings. The monoisotopic (exact) mass is 344 g/mol. The van der Waals surface area contributed by atoms with Gasteiger partial charge in [0.15, 0.2) is 11.6 Å². The van der Waals surface area contributed by atoms with Gasteiger partial charge in [0.25, 0.3) is 0 Å². The van der Waals surface area contributed by atoms with Crippen LogP contribution in [0.2, 0.25) is 0 Å². The Balaban J connectivity index is 1.40. The molecule has 26 heavy (non-hydrogen) atoms. The van der Waals surface area contributed by atoms with Gasteiger partial charge in [-0.3, -0.25) is 4.90 Å². The van der Waals surface area contributed by atoms with Crippen LogP contribution in [0.4, 0.5) is 0 Å². The molecule has 4 aromatic rings. The number of hydrogen-bond acceptors (Lipinski definition) is 4. The fraction of sp³-hybridized carbons (Fsp3) is 0.238. The van der Waals surface area contributed by atoms with Crippen LogP contribution >= 0.6 is 0 Å². The third kappa shape index (κ3) is 2.61. The van der Waals surface area contributed by atoms with E-state index in [1.807, 2.05) is 18.3 Å². The number of aromatic nitrogens is 3. The molecule has 0 fully saturated rings. The van der Waals surface area contributed by atoms with Crippen molar-refractivity contribution in [3.63, 3.8) is 0 Å².